The molecule has 14 heteroatoms. The van der Waals surface area contributed by atoms with Crippen LogP contribution >= 0.6 is 0 Å². The van der Waals surface area contributed by atoms with Crippen LogP contribution in [0.1, 0.15) is 62.5 Å². The first-order chi connectivity index (χ1) is 21.3. The maximum absolute atomic E-state index is 13.6. The third kappa shape index (κ3) is 6.80. The van der Waals surface area contributed by atoms with Crippen LogP contribution in [0.5, 0.6) is 0 Å². The molecule has 0 radical (unpaired) electrons. The van der Waals surface area contributed by atoms with Gasteiger partial charge in [0.25, 0.3) is 5.91 Å². The smallest absolute Gasteiger partial charge is 0.410 e. The second kappa shape index (κ2) is 11.5. The van der Waals surface area contributed by atoms with Gasteiger partial charge in [0.15, 0.2) is 5.65 Å². The Balaban J connectivity index is 1.22. The summed E-state index contributed by atoms with van der Waals surface area (Å²) in [4.78, 5) is 35.3. The van der Waals surface area contributed by atoms with Crippen LogP contribution in [0.4, 0.5) is 21.9 Å². The highest BCUT2D eigenvalue weighted by Crippen LogP contribution is 2.36. The number of nitrogens with zero attached hydrogens (tertiary/aromatic N) is 6. The van der Waals surface area contributed by atoms with Crippen molar-refractivity contribution in [2.75, 3.05) is 34.3 Å². The molecule has 13 nitrogen and oxygen atoms in total. The number of ether oxygens (including phenoxy) is 1. The van der Waals surface area contributed by atoms with E-state index in [1.165, 1.54) is 6.07 Å². The minimum Gasteiger partial charge on any atom is -0.444 e. The van der Waals surface area contributed by atoms with Gasteiger partial charge >= 0.3 is 6.09 Å². The maximum Gasteiger partial charge on any atom is 0.410 e. The number of benzene rings is 1. The van der Waals surface area contributed by atoms with E-state index in [0.29, 0.717) is 28.1 Å². The Morgan fingerprint density at radius 3 is 2.42 bits per heavy atom. The van der Waals surface area contributed by atoms with Gasteiger partial charge in [-0.15, -0.1) is 5.10 Å². The molecule has 4 heterocycles. The highest BCUT2D eigenvalue weighted by molar-refractivity contribution is 7.92. The number of piperidine rings is 1. The molecule has 4 aromatic rings. The molecule has 0 bridgehead atoms. The lowest BCUT2D eigenvalue weighted by Gasteiger charge is -2.40. The number of carbonyl (C=O) groups is 2. The summed E-state index contributed by atoms with van der Waals surface area (Å²) in [5.74, 6) is -0.412. The van der Waals surface area contributed by atoms with E-state index in [9.17, 15) is 18.0 Å². The second-order valence-electron chi connectivity index (χ2n) is 12.8. The minimum atomic E-state index is -3.59. The number of pyridine rings is 1. The van der Waals surface area contributed by atoms with Crippen molar-refractivity contribution in [3.63, 3.8) is 0 Å². The van der Waals surface area contributed by atoms with Gasteiger partial charge < -0.3 is 24.3 Å². The average molecular weight is 635 g/mol. The molecule has 1 saturated carbocycles. The second-order valence-corrected chi connectivity index (χ2v) is 14.6. The van der Waals surface area contributed by atoms with Gasteiger partial charge in [-0.05, 0) is 77.6 Å². The third-order valence-electron chi connectivity index (χ3n) is 7.87. The molecule has 0 atom stereocenters. The van der Waals surface area contributed by atoms with E-state index in [1.54, 1.807) is 36.0 Å². The van der Waals surface area contributed by atoms with Crippen molar-refractivity contribution in [3.05, 3.63) is 54.1 Å². The number of rotatable bonds is 7. The Morgan fingerprint density at radius 2 is 1.76 bits per heavy atom. The van der Waals surface area contributed by atoms with Crippen LogP contribution in [0.25, 0.3) is 16.6 Å². The van der Waals surface area contributed by atoms with Crippen LogP contribution in [0.2, 0.25) is 0 Å². The molecule has 1 saturated heterocycles. The highest BCUT2D eigenvalue weighted by atomic mass is 32.2. The predicted molar refractivity (Wildman–Crippen MR) is 172 cm³/mol. The van der Waals surface area contributed by atoms with Crippen molar-refractivity contribution in [2.24, 2.45) is 0 Å². The molecule has 1 aliphatic heterocycles. The molecule has 2 aliphatic rings. The van der Waals surface area contributed by atoms with Crippen molar-refractivity contribution < 1.29 is 22.7 Å². The first kappa shape index (κ1) is 30.6. The van der Waals surface area contributed by atoms with E-state index in [-0.39, 0.29) is 23.9 Å². The molecule has 2 N–H and O–H groups in total. The molecule has 0 unspecified atom stereocenters. The van der Waals surface area contributed by atoms with E-state index in [4.69, 9.17) is 4.74 Å². The van der Waals surface area contributed by atoms with Crippen LogP contribution in [0, 0.1) is 6.92 Å². The van der Waals surface area contributed by atoms with Crippen molar-refractivity contribution in [3.8, 4) is 0 Å². The summed E-state index contributed by atoms with van der Waals surface area (Å²) < 4.78 is 33.9. The summed E-state index contributed by atoms with van der Waals surface area (Å²) in [6.07, 6.45) is 9.48. The standard InChI is InChI=1S/C31H38N8O5S/c1-19-17-38-18-20(16-25(28(38)33-19)36-45(5,42)43)34-29(40)24-8-9-26(23-10-13-32-35-27(23)24)37-14-11-22(12-15-37)39(21-6-7-21)30(41)44-31(2,3)4/h8-10,13,16-18,21-22,36H,6-7,11-12,14-15H2,1-5H3,(H,34,40). The summed E-state index contributed by atoms with van der Waals surface area (Å²) in [7, 11) is -3.59. The lowest BCUT2D eigenvalue weighted by atomic mass is 10.0. The number of hydrogen-bond acceptors (Lipinski definition) is 9. The van der Waals surface area contributed by atoms with Gasteiger partial charge in [-0.3, -0.25) is 9.52 Å². The number of aryl methyl sites for hydroxylation is 1. The normalized spacial score (nSPS) is 16.2. The van der Waals surface area contributed by atoms with Crippen molar-refractivity contribution in [2.45, 2.75) is 71.1 Å². The third-order valence-corrected chi connectivity index (χ3v) is 8.46. The molecule has 6 rings (SSSR count). The monoisotopic (exact) mass is 634 g/mol. The molecule has 1 aromatic carbocycles. The molecule has 0 spiro atoms. The van der Waals surface area contributed by atoms with Gasteiger partial charge in [-0.1, -0.05) is 0 Å². The molecule has 2 amide bonds. The fourth-order valence-electron chi connectivity index (χ4n) is 5.94. The average Bonchev–Trinajstić information content (AvgIpc) is 3.70. The zero-order valence-electron chi connectivity index (χ0n) is 26.1. The van der Waals surface area contributed by atoms with Crippen molar-refractivity contribution in [1.82, 2.24) is 24.5 Å². The SMILES string of the molecule is Cc1cn2cc(NC(=O)c3ccc(N4CCC(N(C(=O)OC(C)(C)C)C5CC5)CC4)c4ccnnc34)cc(NS(C)(=O)=O)c2n1. The fourth-order valence-corrected chi connectivity index (χ4v) is 6.49. The summed E-state index contributed by atoms with van der Waals surface area (Å²) in [6, 6.07) is 7.41. The van der Waals surface area contributed by atoms with Gasteiger partial charge in [0.05, 0.1) is 35.1 Å². The van der Waals surface area contributed by atoms with Gasteiger partial charge in [-0.25, -0.2) is 18.2 Å². The molecule has 238 valence electrons. The first-order valence-corrected chi connectivity index (χ1v) is 16.9. The molecule has 1 aliphatic carbocycles. The number of sulfonamides is 1. The van der Waals surface area contributed by atoms with E-state index in [2.05, 4.69) is 30.1 Å². The summed E-state index contributed by atoms with van der Waals surface area (Å²) >= 11 is 0. The van der Waals surface area contributed by atoms with Crippen LogP contribution in [-0.2, 0) is 14.8 Å². The van der Waals surface area contributed by atoms with Gasteiger partial charge in [0.2, 0.25) is 10.0 Å². The number of anilines is 3. The van der Waals surface area contributed by atoms with E-state index >= 15 is 0 Å². The minimum absolute atomic E-state index is 0.110. The summed E-state index contributed by atoms with van der Waals surface area (Å²) in [5, 5.41) is 12.1. The number of aromatic nitrogens is 4. The van der Waals surface area contributed by atoms with E-state index in [0.717, 1.165) is 56.1 Å². The van der Waals surface area contributed by atoms with Crippen molar-refractivity contribution in [1.29, 1.82) is 0 Å². The fraction of sp³-hybridized carbons (Fsp3) is 0.452. The number of nitrogens with one attached hydrogen (secondary N) is 2. The zero-order chi connectivity index (χ0) is 32.1. The zero-order valence-corrected chi connectivity index (χ0v) is 26.9. The quantitative estimate of drug-likeness (QED) is 0.298. The van der Waals surface area contributed by atoms with Gasteiger partial charge in [0, 0.05) is 48.6 Å². The van der Waals surface area contributed by atoms with Crippen LogP contribution in [-0.4, -0.2) is 81.9 Å². The Labute approximate surface area is 262 Å². The summed E-state index contributed by atoms with van der Waals surface area (Å²) in [5.41, 5.74) is 2.94. The van der Waals surface area contributed by atoms with Crippen LogP contribution in [0.3, 0.4) is 0 Å². The number of amides is 2. The number of carbonyl (C=O) groups excluding carboxylic acids is 2. The largest absolute Gasteiger partial charge is 0.444 e. The predicted octanol–water partition coefficient (Wildman–Crippen LogP) is 4.58. The first-order valence-electron chi connectivity index (χ1n) is 15.0. The van der Waals surface area contributed by atoms with E-state index < -0.39 is 21.5 Å². The lowest BCUT2D eigenvalue weighted by molar-refractivity contribution is 0.0113. The topological polar surface area (TPSA) is 151 Å². The van der Waals surface area contributed by atoms with E-state index in [1.807, 2.05) is 37.8 Å². The van der Waals surface area contributed by atoms with Gasteiger partial charge in [0.1, 0.15) is 11.1 Å². The van der Waals surface area contributed by atoms with Crippen LogP contribution < -0.4 is 14.9 Å². The maximum atomic E-state index is 13.6. The molecular formula is C31H38N8O5S. The molecule has 2 fully saturated rings. The number of imidazole rings is 1. The van der Waals surface area contributed by atoms with Crippen molar-refractivity contribution >= 4 is 55.6 Å². The Morgan fingerprint density at radius 1 is 1.04 bits per heavy atom. The molecular weight excluding hydrogens is 596 g/mol. The lowest BCUT2D eigenvalue weighted by Crippen LogP contribution is -2.50. The Kier molecular flexibility index (Phi) is 7.79. The molecule has 3 aromatic heterocycles. The number of hydrogen-bond donors (Lipinski definition) is 2. The van der Waals surface area contributed by atoms with Crippen LogP contribution in [0.15, 0.2) is 42.9 Å². The molecule has 45 heavy (non-hydrogen) atoms. The van der Waals surface area contributed by atoms with Gasteiger partial charge in [-0.2, -0.15) is 5.10 Å². The highest BCUT2D eigenvalue weighted by Gasteiger charge is 2.41. The summed E-state index contributed by atoms with van der Waals surface area (Å²) in [6.45, 7) is 8.95. The number of fused-ring (bicyclic) bond motifs is 2. The Bertz CT molecular complexity index is 1890. The Hall–Kier alpha value is -4.46.